The second kappa shape index (κ2) is 10.6. The molecular formula is C25H30ClN3O4S. The van der Waals surface area contributed by atoms with E-state index in [0.717, 1.165) is 0 Å². The van der Waals surface area contributed by atoms with Gasteiger partial charge in [0, 0.05) is 22.7 Å². The number of amides is 1. The van der Waals surface area contributed by atoms with E-state index in [0.29, 0.717) is 27.6 Å². The third-order valence-electron chi connectivity index (χ3n) is 5.43. The minimum atomic E-state index is -3.75. The number of imidazole rings is 1. The molecule has 0 N–H and O–H groups in total. The molecule has 3 rings (SSSR count). The van der Waals surface area contributed by atoms with E-state index in [2.05, 4.69) is 4.98 Å². The molecule has 34 heavy (non-hydrogen) atoms. The van der Waals surface area contributed by atoms with Gasteiger partial charge < -0.3 is 14.2 Å². The van der Waals surface area contributed by atoms with Crippen molar-refractivity contribution in [2.75, 3.05) is 7.11 Å². The van der Waals surface area contributed by atoms with Crippen molar-refractivity contribution in [3.8, 4) is 5.75 Å². The van der Waals surface area contributed by atoms with Crippen molar-refractivity contribution in [1.82, 2.24) is 14.5 Å². The minimum Gasteiger partial charge on any atom is -0.497 e. The molecule has 0 unspecified atom stereocenters. The lowest BCUT2D eigenvalue weighted by Crippen LogP contribution is -2.37. The Morgan fingerprint density at radius 1 is 1.12 bits per heavy atom. The summed E-state index contributed by atoms with van der Waals surface area (Å²) in [6.07, 6.45) is 1.54. The third-order valence-corrected chi connectivity index (χ3v) is 7.24. The molecule has 0 fully saturated rings. The molecule has 0 atom stereocenters. The van der Waals surface area contributed by atoms with E-state index in [9.17, 15) is 13.2 Å². The zero-order valence-corrected chi connectivity index (χ0v) is 21.6. The van der Waals surface area contributed by atoms with Crippen molar-refractivity contribution in [1.29, 1.82) is 0 Å². The number of rotatable bonds is 9. The van der Waals surface area contributed by atoms with Crippen LogP contribution in [-0.4, -0.2) is 41.9 Å². The molecule has 1 heterocycles. The largest absolute Gasteiger partial charge is 0.497 e. The lowest BCUT2D eigenvalue weighted by atomic mass is 10.1. The summed E-state index contributed by atoms with van der Waals surface area (Å²) in [6, 6.07) is 13.4. The number of methoxy groups -OCH3 is 1. The Hall–Kier alpha value is -2.84. The lowest BCUT2D eigenvalue weighted by molar-refractivity contribution is 0.0684. The number of ether oxygens (including phenoxy) is 1. The first kappa shape index (κ1) is 25.8. The number of hydrogen-bond acceptors (Lipinski definition) is 5. The van der Waals surface area contributed by atoms with Gasteiger partial charge in [-0.1, -0.05) is 23.7 Å². The van der Waals surface area contributed by atoms with Gasteiger partial charge in [-0.2, -0.15) is 0 Å². The number of aromatic nitrogens is 2. The molecule has 0 spiro atoms. The summed E-state index contributed by atoms with van der Waals surface area (Å²) >= 11 is 6.03. The molecule has 182 valence electrons. The van der Waals surface area contributed by atoms with Gasteiger partial charge in [0.1, 0.15) is 5.75 Å². The van der Waals surface area contributed by atoms with Crippen LogP contribution in [-0.2, 0) is 22.1 Å². The van der Waals surface area contributed by atoms with Crippen molar-refractivity contribution in [2.24, 2.45) is 0 Å². The fourth-order valence-electron chi connectivity index (χ4n) is 3.75. The highest BCUT2D eigenvalue weighted by Crippen LogP contribution is 2.25. The normalized spacial score (nSPS) is 11.8. The fourth-order valence-corrected chi connectivity index (χ4v) is 5.55. The maximum atomic E-state index is 13.3. The monoisotopic (exact) mass is 503 g/mol. The Bertz CT molecular complexity index is 1250. The zero-order valence-electron chi connectivity index (χ0n) is 20.0. The molecule has 1 aromatic heterocycles. The summed E-state index contributed by atoms with van der Waals surface area (Å²) in [4.78, 5) is 19.3. The molecule has 2 aromatic carbocycles. The van der Waals surface area contributed by atoms with E-state index < -0.39 is 9.84 Å². The molecular weight excluding hydrogens is 474 g/mol. The SMILES string of the molecule is COc1ccc(C(=O)N(Cc2cnc(S(=O)(=O)Cc3cccc(Cl)c3)n2C(C)C)C(C)C)cc1. The molecule has 0 bridgehead atoms. The van der Waals surface area contributed by atoms with Gasteiger partial charge >= 0.3 is 0 Å². The molecule has 0 aliphatic rings. The number of benzene rings is 2. The summed E-state index contributed by atoms with van der Waals surface area (Å²) < 4.78 is 33.4. The van der Waals surface area contributed by atoms with Gasteiger partial charge in [0.2, 0.25) is 15.0 Å². The first-order chi connectivity index (χ1) is 16.0. The second-order valence-electron chi connectivity index (χ2n) is 8.64. The van der Waals surface area contributed by atoms with Crippen molar-refractivity contribution < 1.29 is 17.9 Å². The van der Waals surface area contributed by atoms with Crippen LogP contribution in [0.5, 0.6) is 5.75 Å². The van der Waals surface area contributed by atoms with E-state index in [1.165, 1.54) is 0 Å². The Morgan fingerprint density at radius 2 is 1.79 bits per heavy atom. The molecule has 1 amide bonds. The molecule has 0 aliphatic heterocycles. The average Bonchev–Trinajstić information content (AvgIpc) is 3.22. The Kier molecular flexibility index (Phi) is 8.05. The number of carbonyl (C=O) groups is 1. The fraction of sp³-hybridized carbons (Fsp3) is 0.360. The summed E-state index contributed by atoms with van der Waals surface area (Å²) in [5.41, 5.74) is 1.76. The van der Waals surface area contributed by atoms with E-state index in [1.54, 1.807) is 71.3 Å². The van der Waals surface area contributed by atoms with Crippen LogP contribution in [0.4, 0.5) is 0 Å². The zero-order chi connectivity index (χ0) is 25.0. The van der Waals surface area contributed by atoms with Gasteiger partial charge in [0.05, 0.1) is 31.3 Å². The van der Waals surface area contributed by atoms with Gasteiger partial charge in [0.15, 0.2) is 0 Å². The Morgan fingerprint density at radius 3 is 2.35 bits per heavy atom. The highest BCUT2D eigenvalue weighted by Gasteiger charge is 2.28. The van der Waals surface area contributed by atoms with Crippen LogP contribution in [0.1, 0.15) is 55.4 Å². The predicted molar refractivity (Wildman–Crippen MR) is 133 cm³/mol. The summed E-state index contributed by atoms with van der Waals surface area (Å²) in [5.74, 6) is 0.299. The molecule has 7 nitrogen and oxygen atoms in total. The van der Waals surface area contributed by atoms with E-state index in [-0.39, 0.29) is 35.4 Å². The average molecular weight is 504 g/mol. The molecule has 3 aromatic rings. The molecule has 0 aliphatic carbocycles. The van der Waals surface area contributed by atoms with Crippen LogP contribution < -0.4 is 4.74 Å². The van der Waals surface area contributed by atoms with E-state index in [4.69, 9.17) is 16.3 Å². The summed E-state index contributed by atoms with van der Waals surface area (Å²) in [7, 11) is -2.17. The highest BCUT2D eigenvalue weighted by atomic mass is 35.5. The van der Waals surface area contributed by atoms with Crippen LogP contribution in [0.2, 0.25) is 5.02 Å². The van der Waals surface area contributed by atoms with Crippen molar-refractivity contribution >= 4 is 27.3 Å². The van der Waals surface area contributed by atoms with Gasteiger partial charge in [-0.3, -0.25) is 4.79 Å². The van der Waals surface area contributed by atoms with Gasteiger partial charge in [-0.25, -0.2) is 13.4 Å². The van der Waals surface area contributed by atoms with Gasteiger partial charge in [-0.15, -0.1) is 0 Å². The van der Waals surface area contributed by atoms with E-state index >= 15 is 0 Å². The minimum absolute atomic E-state index is 0.0157. The number of carbonyl (C=O) groups excluding carboxylic acids is 1. The standard InChI is InChI=1S/C25H30ClN3O4S/c1-17(2)28(24(30)20-9-11-23(33-5)12-10-20)15-22-14-27-25(29(22)18(3)4)34(31,32)16-19-7-6-8-21(26)13-19/h6-14,17-18H,15-16H2,1-5H3. The van der Waals surface area contributed by atoms with Crippen LogP contribution in [0.15, 0.2) is 59.9 Å². The number of sulfone groups is 1. The van der Waals surface area contributed by atoms with Crippen LogP contribution in [0, 0.1) is 0 Å². The lowest BCUT2D eigenvalue weighted by Gasteiger charge is -2.28. The smallest absolute Gasteiger partial charge is 0.254 e. The summed E-state index contributed by atoms with van der Waals surface area (Å²) in [5, 5.41) is 0.461. The van der Waals surface area contributed by atoms with Gasteiger partial charge in [-0.05, 0) is 69.7 Å². The van der Waals surface area contributed by atoms with Crippen molar-refractivity contribution in [2.45, 2.75) is 57.2 Å². The van der Waals surface area contributed by atoms with E-state index in [1.807, 2.05) is 27.7 Å². The number of halogens is 1. The van der Waals surface area contributed by atoms with Crippen LogP contribution >= 0.6 is 11.6 Å². The second-order valence-corrected chi connectivity index (χ2v) is 11.0. The maximum Gasteiger partial charge on any atom is 0.254 e. The predicted octanol–water partition coefficient (Wildman–Crippen LogP) is 5.15. The number of hydrogen-bond donors (Lipinski definition) is 0. The Labute approximate surface area is 206 Å². The summed E-state index contributed by atoms with van der Waals surface area (Å²) in [6.45, 7) is 7.87. The Balaban J connectivity index is 1.93. The van der Waals surface area contributed by atoms with Gasteiger partial charge in [0.25, 0.3) is 5.91 Å². The quantitative estimate of drug-likeness (QED) is 0.403. The maximum absolute atomic E-state index is 13.3. The number of nitrogens with zero attached hydrogens (tertiary/aromatic N) is 3. The van der Waals surface area contributed by atoms with Crippen LogP contribution in [0.3, 0.4) is 0 Å². The third kappa shape index (κ3) is 5.80. The topological polar surface area (TPSA) is 81.5 Å². The van der Waals surface area contributed by atoms with Crippen molar-refractivity contribution in [3.05, 3.63) is 76.6 Å². The van der Waals surface area contributed by atoms with Crippen molar-refractivity contribution in [3.63, 3.8) is 0 Å². The highest BCUT2D eigenvalue weighted by molar-refractivity contribution is 7.90. The first-order valence-electron chi connectivity index (χ1n) is 11.0. The molecule has 0 saturated heterocycles. The molecule has 0 radical (unpaired) electrons. The molecule has 0 saturated carbocycles. The first-order valence-corrected chi connectivity index (χ1v) is 13.0. The molecule has 9 heteroatoms. The van der Waals surface area contributed by atoms with Crippen LogP contribution in [0.25, 0.3) is 0 Å².